The highest BCUT2D eigenvalue weighted by Gasteiger charge is 2.30. The molecule has 16 heavy (non-hydrogen) atoms. The Labute approximate surface area is 97.3 Å². The first-order valence-electron chi connectivity index (χ1n) is 5.73. The number of rotatable bonds is 6. The van der Waals surface area contributed by atoms with E-state index in [4.69, 9.17) is 4.74 Å². The Morgan fingerprint density at radius 2 is 2.31 bits per heavy atom. The molecule has 0 amide bonds. The lowest BCUT2D eigenvalue weighted by atomic mass is 9.92. The van der Waals surface area contributed by atoms with E-state index in [1.165, 1.54) is 0 Å². The lowest BCUT2D eigenvalue weighted by Crippen LogP contribution is -2.41. The van der Waals surface area contributed by atoms with Gasteiger partial charge in [0.15, 0.2) is 0 Å². The second kappa shape index (κ2) is 5.46. The smallest absolute Gasteiger partial charge is 0.108 e. The van der Waals surface area contributed by atoms with Gasteiger partial charge in [-0.2, -0.15) is 0 Å². The minimum atomic E-state index is -0.459. The normalized spacial score (nSPS) is 17.1. The van der Waals surface area contributed by atoms with Gasteiger partial charge in [0.1, 0.15) is 5.82 Å². The molecule has 4 heteroatoms. The predicted molar refractivity (Wildman–Crippen MR) is 63.2 cm³/mol. The molecule has 1 N–H and O–H groups in total. The fourth-order valence-corrected chi connectivity index (χ4v) is 1.72. The number of imidazole rings is 1. The van der Waals surface area contributed by atoms with Crippen molar-refractivity contribution in [2.75, 3.05) is 7.11 Å². The fourth-order valence-electron chi connectivity index (χ4n) is 1.72. The third-order valence-corrected chi connectivity index (χ3v) is 3.44. The molecule has 0 bridgehead atoms. The van der Waals surface area contributed by atoms with E-state index in [0.29, 0.717) is 6.42 Å². The Morgan fingerprint density at radius 3 is 2.75 bits per heavy atom. The highest BCUT2D eigenvalue weighted by Crippen LogP contribution is 2.22. The van der Waals surface area contributed by atoms with Crippen LogP contribution < -0.4 is 0 Å². The van der Waals surface area contributed by atoms with Crippen LogP contribution in [0.1, 0.15) is 32.5 Å². The van der Waals surface area contributed by atoms with E-state index in [-0.39, 0.29) is 0 Å². The maximum absolute atomic E-state index is 10.1. The molecular formula is C12H22N2O2. The van der Waals surface area contributed by atoms with Crippen molar-refractivity contribution >= 4 is 0 Å². The van der Waals surface area contributed by atoms with Crippen molar-refractivity contribution in [3.05, 3.63) is 18.2 Å². The lowest BCUT2D eigenvalue weighted by Gasteiger charge is -2.32. The number of ether oxygens (including phenoxy) is 1. The second-order valence-electron chi connectivity index (χ2n) is 4.38. The van der Waals surface area contributed by atoms with Crippen molar-refractivity contribution < 1.29 is 9.84 Å². The summed E-state index contributed by atoms with van der Waals surface area (Å²) in [4.78, 5) is 4.23. The summed E-state index contributed by atoms with van der Waals surface area (Å²) in [7, 11) is 3.61. The van der Waals surface area contributed by atoms with E-state index < -0.39 is 11.7 Å². The number of aliphatic hydroxyl groups is 1. The topological polar surface area (TPSA) is 47.3 Å². The second-order valence-corrected chi connectivity index (χ2v) is 4.38. The number of methoxy groups -OCH3 is 1. The van der Waals surface area contributed by atoms with Gasteiger partial charge < -0.3 is 14.4 Å². The van der Waals surface area contributed by atoms with Gasteiger partial charge in [0.05, 0.1) is 11.7 Å². The van der Waals surface area contributed by atoms with Crippen LogP contribution in [0.5, 0.6) is 0 Å². The molecule has 92 valence electrons. The number of aromatic nitrogens is 2. The number of hydrogen-bond acceptors (Lipinski definition) is 3. The summed E-state index contributed by atoms with van der Waals surface area (Å²) < 4.78 is 7.35. The van der Waals surface area contributed by atoms with Gasteiger partial charge in [-0.3, -0.25) is 0 Å². The van der Waals surface area contributed by atoms with Crippen molar-refractivity contribution in [1.82, 2.24) is 9.55 Å². The van der Waals surface area contributed by atoms with E-state index in [2.05, 4.69) is 4.98 Å². The monoisotopic (exact) mass is 226 g/mol. The van der Waals surface area contributed by atoms with Gasteiger partial charge in [-0.15, -0.1) is 0 Å². The molecule has 0 aliphatic carbocycles. The molecule has 2 unspecified atom stereocenters. The van der Waals surface area contributed by atoms with Crippen LogP contribution in [0.25, 0.3) is 0 Å². The maximum atomic E-state index is 10.1. The highest BCUT2D eigenvalue weighted by atomic mass is 16.5. The van der Waals surface area contributed by atoms with Gasteiger partial charge >= 0.3 is 0 Å². The van der Waals surface area contributed by atoms with Crippen LogP contribution in [0.4, 0.5) is 0 Å². The Hall–Kier alpha value is -0.870. The van der Waals surface area contributed by atoms with Gasteiger partial charge in [-0.1, -0.05) is 6.92 Å². The van der Waals surface area contributed by atoms with Crippen LogP contribution >= 0.6 is 0 Å². The summed E-state index contributed by atoms with van der Waals surface area (Å²) in [5.74, 6) is 0.994. The van der Waals surface area contributed by atoms with Crippen LogP contribution in [0, 0.1) is 0 Å². The molecule has 0 aliphatic heterocycles. The molecule has 0 aliphatic rings. The molecule has 0 spiro atoms. The number of aryl methyl sites for hydroxylation is 2. The van der Waals surface area contributed by atoms with Crippen LogP contribution in [0.2, 0.25) is 0 Å². The minimum Gasteiger partial charge on any atom is -0.390 e. The Bertz CT molecular complexity index is 319. The van der Waals surface area contributed by atoms with Gasteiger partial charge in [-0.25, -0.2) is 4.98 Å². The summed E-state index contributed by atoms with van der Waals surface area (Å²) in [5, 5.41) is 10.1. The fraction of sp³-hybridized carbons (Fsp3) is 0.750. The highest BCUT2D eigenvalue weighted by molar-refractivity contribution is 4.93. The first-order chi connectivity index (χ1) is 7.53. The quantitative estimate of drug-likeness (QED) is 0.800. The van der Waals surface area contributed by atoms with E-state index in [1.807, 2.05) is 31.7 Å². The molecule has 0 aromatic carbocycles. The minimum absolute atomic E-state index is 0.453. The van der Waals surface area contributed by atoms with Crippen LogP contribution in [-0.4, -0.2) is 33.5 Å². The number of hydrogen-bond donors (Lipinski definition) is 1. The van der Waals surface area contributed by atoms with Gasteiger partial charge in [-0.05, 0) is 19.8 Å². The van der Waals surface area contributed by atoms with E-state index in [9.17, 15) is 5.11 Å². The Kier molecular flexibility index (Phi) is 4.50. The van der Waals surface area contributed by atoms with E-state index in [0.717, 1.165) is 18.7 Å². The first-order valence-corrected chi connectivity index (χ1v) is 5.73. The zero-order valence-electron chi connectivity index (χ0n) is 10.6. The molecule has 0 saturated carbocycles. The Morgan fingerprint density at radius 1 is 1.62 bits per heavy atom. The molecule has 2 atom stereocenters. The summed E-state index contributed by atoms with van der Waals surface area (Å²) in [6.07, 6.45) is 5.46. The molecule has 1 aromatic heterocycles. The summed E-state index contributed by atoms with van der Waals surface area (Å²) in [6.45, 7) is 3.96. The van der Waals surface area contributed by atoms with Crippen molar-refractivity contribution in [1.29, 1.82) is 0 Å². The van der Waals surface area contributed by atoms with Gasteiger partial charge in [0.2, 0.25) is 0 Å². The van der Waals surface area contributed by atoms with E-state index >= 15 is 0 Å². The summed E-state index contributed by atoms with van der Waals surface area (Å²) in [5.41, 5.74) is -0.453. The van der Waals surface area contributed by atoms with Crippen molar-refractivity contribution in [2.45, 2.75) is 44.8 Å². The summed E-state index contributed by atoms with van der Waals surface area (Å²) >= 11 is 0. The third-order valence-electron chi connectivity index (χ3n) is 3.44. The largest absolute Gasteiger partial charge is 0.390 e. The van der Waals surface area contributed by atoms with Crippen molar-refractivity contribution in [2.24, 2.45) is 7.05 Å². The van der Waals surface area contributed by atoms with Crippen molar-refractivity contribution in [3.63, 3.8) is 0 Å². The predicted octanol–water partition coefficient (Wildman–Crippen LogP) is 1.53. The van der Waals surface area contributed by atoms with Gasteiger partial charge in [0.25, 0.3) is 0 Å². The van der Waals surface area contributed by atoms with Gasteiger partial charge in [0, 0.05) is 33.0 Å². The third kappa shape index (κ3) is 2.83. The lowest BCUT2D eigenvalue weighted by molar-refractivity contribution is -0.0947. The molecule has 1 heterocycles. The average Bonchev–Trinajstić information content (AvgIpc) is 2.70. The standard InChI is InChI=1S/C12H22N2O2/c1-5-12(2,16-4)10(15)6-7-11-13-8-9-14(11)3/h8-10,15H,5-7H2,1-4H3. The zero-order chi connectivity index (χ0) is 12.2. The molecule has 1 rings (SSSR count). The number of aliphatic hydroxyl groups excluding tert-OH is 1. The van der Waals surface area contributed by atoms with Crippen molar-refractivity contribution in [3.8, 4) is 0 Å². The van der Waals surface area contributed by atoms with E-state index in [1.54, 1.807) is 13.3 Å². The van der Waals surface area contributed by atoms with Crippen LogP contribution in [-0.2, 0) is 18.2 Å². The van der Waals surface area contributed by atoms with Crippen LogP contribution in [0.3, 0.4) is 0 Å². The molecule has 0 fully saturated rings. The number of nitrogens with zero attached hydrogens (tertiary/aromatic N) is 2. The Balaban J connectivity index is 2.52. The molecule has 0 radical (unpaired) electrons. The molecule has 1 aromatic rings. The molecule has 4 nitrogen and oxygen atoms in total. The molecular weight excluding hydrogens is 204 g/mol. The van der Waals surface area contributed by atoms with Crippen LogP contribution in [0.15, 0.2) is 12.4 Å². The molecule has 0 saturated heterocycles. The SMILES string of the molecule is CCC(C)(OC)C(O)CCc1nccn1C. The average molecular weight is 226 g/mol. The summed E-state index contributed by atoms with van der Waals surface area (Å²) in [6, 6.07) is 0. The first kappa shape index (κ1) is 13.2. The maximum Gasteiger partial charge on any atom is 0.108 e. The zero-order valence-corrected chi connectivity index (χ0v) is 10.6.